The molecule has 1 aromatic carbocycles. The summed E-state index contributed by atoms with van der Waals surface area (Å²) in [5.74, 6) is 0.631. The van der Waals surface area contributed by atoms with Gasteiger partial charge in [0.15, 0.2) is 0 Å². The molecule has 1 aliphatic rings. The van der Waals surface area contributed by atoms with E-state index < -0.39 is 0 Å². The Balaban J connectivity index is 1.97. The molecule has 0 saturated heterocycles. The zero-order valence-corrected chi connectivity index (χ0v) is 14.1. The van der Waals surface area contributed by atoms with Crippen LogP contribution in [0.5, 0.6) is 0 Å². The predicted octanol–water partition coefficient (Wildman–Crippen LogP) is 3.89. The molecule has 0 radical (unpaired) electrons. The fourth-order valence-corrected chi connectivity index (χ4v) is 3.74. The maximum Gasteiger partial charge on any atom is 0.252 e. The molecule has 1 fully saturated rings. The van der Waals surface area contributed by atoms with Crippen molar-refractivity contribution in [2.75, 3.05) is 6.54 Å². The van der Waals surface area contributed by atoms with E-state index in [2.05, 4.69) is 43.8 Å². The highest BCUT2D eigenvalue weighted by atomic mass is 127. The summed E-state index contributed by atoms with van der Waals surface area (Å²) in [4.78, 5) is 12.7. The second-order valence-electron chi connectivity index (χ2n) is 4.85. The summed E-state index contributed by atoms with van der Waals surface area (Å²) < 4.78 is 1.05. The average molecular weight is 422 g/mol. The summed E-state index contributed by atoms with van der Waals surface area (Å²) in [7, 11) is 0. The molecule has 98 valence electrons. The third kappa shape index (κ3) is 3.26. The van der Waals surface area contributed by atoms with Crippen LogP contribution < -0.4 is 5.32 Å². The molecule has 1 amide bonds. The fourth-order valence-electron chi connectivity index (χ4n) is 2.36. The van der Waals surface area contributed by atoms with E-state index >= 15 is 0 Å². The Hall–Kier alpha value is -0.100. The van der Waals surface area contributed by atoms with E-state index in [4.69, 9.17) is 0 Å². The lowest BCUT2D eigenvalue weighted by atomic mass is 10.1. The van der Waals surface area contributed by atoms with Gasteiger partial charge in [0, 0.05) is 14.9 Å². The van der Waals surface area contributed by atoms with Crippen LogP contribution in [0, 0.1) is 16.4 Å². The minimum atomic E-state index is 0.0506. The van der Waals surface area contributed by atoms with Crippen LogP contribution in [0.2, 0.25) is 0 Å². The Bertz CT molecular complexity index is 449. The molecule has 2 nitrogen and oxygen atoms in total. The molecule has 2 rings (SSSR count). The number of carbonyl (C=O) groups is 1. The Kier molecular flexibility index (Phi) is 5.06. The smallest absolute Gasteiger partial charge is 0.252 e. The minimum Gasteiger partial charge on any atom is -0.352 e. The number of alkyl halides is 1. The molecular weight excluding hydrogens is 405 g/mol. The molecule has 1 N–H and O–H groups in total. The summed E-state index contributed by atoms with van der Waals surface area (Å²) >= 11 is 5.93. The van der Waals surface area contributed by atoms with Crippen LogP contribution in [-0.2, 0) is 0 Å². The van der Waals surface area contributed by atoms with E-state index in [1.807, 2.05) is 25.1 Å². The first-order chi connectivity index (χ1) is 8.59. The number of rotatable bonds is 3. The van der Waals surface area contributed by atoms with Crippen molar-refractivity contribution in [3.8, 4) is 0 Å². The second-order valence-corrected chi connectivity index (χ2v) is 7.11. The van der Waals surface area contributed by atoms with Crippen molar-refractivity contribution in [3.63, 3.8) is 0 Å². The molecular formula is C14H17BrINO. The van der Waals surface area contributed by atoms with E-state index in [9.17, 15) is 4.79 Å². The van der Waals surface area contributed by atoms with Crippen LogP contribution in [0.4, 0.5) is 0 Å². The average Bonchev–Trinajstić information content (AvgIpc) is 2.75. The zero-order chi connectivity index (χ0) is 13.1. The molecule has 1 saturated carbocycles. The number of amides is 1. The normalized spacial score (nSPS) is 23.1. The topological polar surface area (TPSA) is 29.1 Å². The number of aryl methyl sites for hydroxylation is 1. The third-order valence-corrected chi connectivity index (χ3v) is 6.16. The van der Waals surface area contributed by atoms with Crippen molar-refractivity contribution in [1.29, 1.82) is 0 Å². The quantitative estimate of drug-likeness (QED) is 0.582. The molecule has 2 atom stereocenters. The van der Waals surface area contributed by atoms with Gasteiger partial charge in [0.2, 0.25) is 0 Å². The molecule has 0 heterocycles. The number of benzene rings is 1. The van der Waals surface area contributed by atoms with Gasteiger partial charge in [-0.15, -0.1) is 0 Å². The van der Waals surface area contributed by atoms with Gasteiger partial charge in [-0.1, -0.05) is 34.5 Å². The molecule has 1 aromatic rings. The van der Waals surface area contributed by atoms with E-state index in [1.165, 1.54) is 19.3 Å². The number of hydrogen-bond acceptors (Lipinski definition) is 1. The van der Waals surface area contributed by atoms with Crippen LogP contribution in [0.25, 0.3) is 0 Å². The van der Waals surface area contributed by atoms with Gasteiger partial charge >= 0.3 is 0 Å². The Morgan fingerprint density at radius 2 is 2.28 bits per heavy atom. The maximum atomic E-state index is 12.1. The third-order valence-electron chi connectivity index (χ3n) is 3.53. The number of nitrogens with one attached hydrogen (secondary N) is 1. The van der Waals surface area contributed by atoms with Gasteiger partial charge in [0.1, 0.15) is 0 Å². The first kappa shape index (κ1) is 14.3. The van der Waals surface area contributed by atoms with E-state index in [1.54, 1.807) is 0 Å². The van der Waals surface area contributed by atoms with Crippen molar-refractivity contribution in [2.45, 2.75) is 31.0 Å². The van der Waals surface area contributed by atoms with Gasteiger partial charge in [-0.2, -0.15) is 0 Å². The van der Waals surface area contributed by atoms with Gasteiger partial charge in [-0.05, 0) is 59.9 Å². The van der Waals surface area contributed by atoms with Crippen molar-refractivity contribution in [2.24, 2.45) is 5.92 Å². The SMILES string of the molecule is Cc1cccc(C(=O)NCC2CCCC2Br)c1I. The molecule has 0 spiro atoms. The van der Waals surface area contributed by atoms with Gasteiger partial charge in [0.25, 0.3) is 5.91 Å². The van der Waals surface area contributed by atoms with Crippen molar-refractivity contribution < 1.29 is 4.79 Å². The van der Waals surface area contributed by atoms with Gasteiger partial charge < -0.3 is 5.32 Å². The van der Waals surface area contributed by atoms with E-state index in [-0.39, 0.29) is 5.91 Å². The van der Waals surface area contributed by atoms with Crippen LogP contribution in [-0.4, -0.2) is 17.3 Å². The van der Waals surface area contributed by atoms with E-state index in [0.717, 1.165) is 21.2 Å². The van der Waals surface area contributed by atoms with Crippen LogP contribution in [0.1, 0.15) is 35.2 Å². The summed E-state index contributed by atoms with van der Waals surface area (Å²) in [6.07, 6.45) is 3.70. The number of halogens is 2. The zero-order valence-electron chi connectivity index (χ0n) is 10.4. The summed E-state index contributed by atoms with van der Waals surface area (Å²) in [5.41, 5.74) is 1.95. The van der Waals surface area contributed by atoms with Crippen molar-refractivity contribution in [3.05, 3.63) is 32.9 Å². The molecule has 0 aromatic heterocycles. The first-order valence-corrected chi connectivity index (χ1v) is 8.26. The highest BCUT2D eigenvalue weighted by Gasteiger charge is 2.25. The Morgan fingerprint density at radius 1 is 1.50 bits per heavy atom. The van der Waals surface area contributed by atoms with E-state index in [0.29, 0.717) is 10.7 Å². The monoisotopic (exact) mass is 421 g/mol. The first-order valence-electron chi connectivity index (χ1n) is 6.27. The summed E-state index contributed by atoms with van der Waals surface area (Å²) in [6.45, 7) is 2.81. The minimum absolute atomic E-state index is 0.0506. The standard InChI is InChI=1S/C14H17BrINO/c1-9-4-2-6-11(13(9)16)14(18)17-8-10-5-3-7-12(10)15/h2,4,6,10,12H,3,5,7-8H2,1H3,(H,17,18). The Labute approximate surface area is 130 Å². The van der Waals surface area contributed by atoms with Crippen LogP contribution in [0.15, 0.2) is 18.2 Å². The maximum absolute atomic E-state index is 12.1. The predicted molar refractivity (Wildman–Crippen MR) is 86.3 cm³/mol. The lowest BCUT2D eigenvalue weighted by molar-refractivity contribution is 0.0947. The Morgan fingerprint density at radius 3 is 2.94 bits per heavy atom. The summed E-state index contributed by atoms with van der Waals surface area (Å²) in [5, 5.41) is 3.07. The fraction of sp³-hybridized carbons (Fsp3) is 0.500. The molecule has 1 aliphatic carbocycles. The largest absolute Gasteiger partial charge is 0.352 e. The lowest BCUT2D eigenvalue weighted by Crippen LogP contribution is -2.31. The van der Waals surface area contributed by atoms with Crippen LogP contribution >= 0.6 is 38.5 Å². The highest BCUT2D eigenvalue weighted by molar-refractivity contribution is 14.1. The summed E-state index contributed by atoms with van der Waals surface area (Å²) in [6, 6.07) is 5.86. The van der Waals surface area contributed by atoms with Gasteiger partial charge in [-0.25, -0.2) is 0 Å². The lowest BCUT2D eigenvalue weighted by Gasteiger charge is -2.15. The molecule has 18 heavy (non-hydrogen) atoms. The van der Waals surface area contributed by atoms with Crippen LogP contribution in [0.3, 0.4) is 0 Å². The molecule has 2 unspecified atom stereocenters. The highest BCUT2D eigenvalue weighted by Crippen LogP contribution is 2.30. The number of carbonyl (C=O) groups excluding carboxylic acids is 1. The molecule has 4 heteroatoms. The van der Waals surface area contributed by atoms with Crippen molar-refractivity contribution in [1.82, 2.24) is 5.32 Å². The van der Waals surface area contributed by atoms with Crippen molar-refractivity contribution >= 4 is 44.4 Å². The van der Waals surface area contributed by atoms with Gasteiger partial charge in [0.05, 0.1) is 5.56 Å². The molecule has 0 bridgehead atoms. The second kappa shape index (κ2) is 6.37. The van der Waals surface area contributed by atoms with Gasteiger partial charge in [-0.3, -0.25) is 4.79 Å². The number of hydrogen-bond donors (Lipinski definition) is 1. The molecule has 0 aliphatic heterocycles.